The fourth-order valence-corrected chi connectivity index (χ4v) is 2.75. The lowest BCUT2D eigenvalue weighted by Crippen LogP contribution is -2.20. The maximum Gasteiger partial charge on any atom is 0.0683 e. The Morgan fingerprint density at radius 3 is 2.58 bits per heavy atom. The smallest absolute Gasteiger partial charge is 0.0683 e. The summed E-state index contributed by atoms with van der Waals surface area (Å²) >= 11 is 0. The predicted molar refractivity (Wildman–Crippen MR) is 80.5 cm³/mol. The molecule has 1 radical (unpaired) electrons. The lowest BCUT2D eigenvalue weighted by molar-refractivity contribution is 0.855. The van der Waals surface area contributed by atoms with Gasteiger partial charge in [0.1, 0.15) is 0 Å². The molecule has 0 atom stereocenters. The molecule has 2 heteroatoms. The highest BCUT2D eigenvalue weighted by atomic mass is 15.3. The zero-order chi connectivity index (χ0) is 12.7. The van der Waals surface area contributed by atoms with Gasteiger partial charge in [0.25, 0.3) is 0 Å². The Morgan fingerprint density at radius 2 is 1.79 bits per heavy atom. The molecule has 1 N–H and O–H groups in total. The lowest BCUT2D eigenvalue weighted by Gasteiger charge is -2.16. The molecule has 0 unspecified atom stereocenters. The molecule has 19 heavy (non-hydrogen) atoms. The molecule has 1 heterocycles. The Hall–Kier alpha value is -2.06. The van der Waals surface area contributed by atoms with Crippen molar-refractivity contribution in [3.63, 3.8) is 0 Å². The van der Waals surface area contributed by atoms with Gasteiger partial charge >= 0.3 is 0 Å². The van der Waals surface area contributed by atoms with Crippen molar-refractivity contribution in [3.05, 3.63) is 54.6 Å². The second-order valence-corrected chi connectivity index (χ2v) is 5.05. The third kappa shape index (κ3) is 1.85. The van der Waals surface area contributed by atoms with Gasteiger partial charge in [0, 0.05) is 24.8 Å². The maximum absolute atomic E-state index is 3.55. The SMILES string of the molecule is [c]1c(N2CCNC2)ccc2cc3ccccc3cc12. The van der Waals surface area contributed by atoms with Crippen molar-refractivity contribution in [1.82, 2.24) is 5.32 Å². The van der Waals surface area contributed by atoms with Crippen molar-refractivity contribution in [3.8, 4) is 0 Å². The van der Waals surface area contributed by atoms with E-state index >= 15 is 0 Å². The number of fused-ring (bicyclic) bond motifs is 2. The predicted octanol–water partition coefficient (Wildman–Crippen LogP) is 3.16. The van der Waals surface area contributed by atoms with Gasteiger partial charge in [-0.3, -0.25) is 5.32 Å². The van der Waals surface area contributed by atoms with Crippen LogP contribution >= 0.6 is 0 Å². The topological polar surface area (TPSA) is 15.3 Å². The summed E-state index contributed by atoms with van der Waals surface area (Å²) < 4.78 is 0. The van der Waals surface area contributed by atoms with Gasteiger partial charge in [-0.2, -0.15) is 0 Å². The molecule has 2 nitrogen and oxygen atoms in total. The second kappa shape index (κ2) is 4.25. The standard InChI is InChI=1S/C17H15N2/c1-2-4-14-10-16-11-17(19-8-7-18-12-19)6-5-15(16)9-13(14)3-1/h1-6,9-10,18H,7-8,12H2. The lowest BCUT2D eigenvalue weighted by atomic mass is 10.0. The van der Waals surface area contributed by atoms with E-state index in [1.165, 1.54) is 27.2 Å². The molecule has 3 aromatic rings. The van der Waals surface area contributed by atoms with E-state index in [1.54, 1.807) is 0 Å². The average Bonchev–Trinajstić information content (AvgIpc) is 2.98. The molecule has 0 saturated carbocycles. The molecule has 0 amide bonds. The van der Waals surface area contributed by atoms with Gasteiger partial charge in [0.2, 0.25) is 0 Å². The summed E-state index contributed by atoms with van der Waals surface area (Å²) in [6, 6.07) is 20.9. The second-order valence-electron chi connectivity index (χ2n) is 5.05. The first-order valence-corrected chi connectivity index (χ1v) is 6.71. The molecule has 1 saturated heterocycles. The van der Waals surface area contributed by atoms with Crippen LogP contribution in [0.15, 0.2) is 48.5 Å². The maximum atomic E-state index is 3.55. The van der Waals surface area contributed by atoms with Crippen LogP contribution in [0.25, 0.3) is 21.5 Å². The first kappa shape index (κ1) is 10.8. The highest BCUT2D eigenvalue weighted by Crippen LogP contribution is 2.26. The van der Waals surface area contributed by atoms with Crippen LogP contribution in [0.5, 0.6) is 0 Å². The van der Waals surface area contributed by atoms with Crippen LogP contribution in [0.4, 0.5) is 5.69 Å². The molecule has 1 fully saturated rings. The molecular formula is C17H15N2. The fourth-order valence-electron chi connectivity index (χ4n) is 2.75. The summed E-state index contributed by atoms with van der Waals surface area (Å²) in [5.41, 5.74) is 1.19. The van der Waals surface area contributed by atoms with E-state index < -0.39 is 0 Å². The number of nitrogens with zero attached hydrogens (tertiary/aromatic N) is 1. The minimum Gasteiger partial charge on any atom is -0.357 e. The van der Waals surface area contributed by atoms with E-state index in [4.69, 9.17) is 0 Å². The van der Waals surface area contributed by atoms with Crippen molar-refractivity contribution in [1.29, 1.82) is 0 Å². The van der Waals surface area contributed by atoms with Gasteiger partial charge < -0.3 is 4.90 Å². The molecule has 1 aliphatic rings. The van der Waals surface area contributed by atoms with Crippen LogP contribution in [-0.2, 0) is 0 Å². The van der Waals surface area contributed by atoms with Gasteiger partial charge in [0.15, 0.2) is 0 Å². The molecule has 0 aliphatic carbocycles. The molecule has 0 bridgehead atoms. The zero-order valence-corrected chi connectivity index (χ0v) is 10.7. The van der Waals surface area contributed by atoms with E-state index in [9.17, 15) is 0 Å². The third-order valence-corrected chi connectivity index (χ3v) is 3.80. The quantitative estimate of drug-likeness (QED) is 0.664. The number of nitrogens with one attached hydrogen (secondary N) is 1. The van der Waals surface area contributed by atoms with Crippen LogP contribution in [0.2, 0.25) is 0 Å². The molecule has 93 valence electrons. The highest BCUT2D eigenvalue weighted by molar-refractivity contribution is 5.99. The van der Waals surface area contributed by atoms with Gasteiger partial charge in [-0.25, -0.2) is 0 Å². The van der Waals surface area contributed by atoms with Crippen LogP contribution in [0.1, 0.15) is 0 Å². The van der Waals surface area contributed by atoms with Crippen molar-refractivity contribution in [2.75, 3.05) is 24.7 Å². The number of anilines is 1. The Labute approximate surface area is 112 Å². The van der Waals surface area contributed by atoms with Gasteiger partial charge in [0.05, 0.1) is 6.67 Å². The summed E-state index contributed by atoms with van der Waals surface area (Å²) in [5, 5.41) is 8.38. The van der Waals surface area contributed by atoms with E-state index in [0.29, 0.717) is 0 Å². The monoisotopic (exact) mass is 247 g/mol. The summed E-state index contributed by atoms with van der Waals surface area (Å²) in [7, 11) is 0. The van der Waals surface area contributed by atoms with Crippen LogP contribution in [-0.4, -0.2) is 19.8 Å². The number of benzene rings is 3. The summed E-state index contributed by atoms with van der Waals surface area (Å²) in [6.45, 7) is 3.05. The fraction of sp³-hybridized carbons (Fsp3) is 0.176. The Morgan fingerprint density at radius 1 is 0.947 bits per heavy atom. The van der Waals surface area contributed by atoms with E-state index in [-0.39, 0.29) is 0 Å². The Balaban J connectivity index is 1.89. The number of hydrogen-bond acceptors (Lipinski definition) is 2. The average molecular weight is 247 g/mol. The molecular weight excluding hydrogens is 232 g/mol. The van der Waals surface area contributed by atoms with Crippen molar-refractivity contribution >= 4 is 27.2 Å². The van der Waals surface area contributed by atoms with Crippen molar-refractivity contribution in [2.24, 2.45) is 0 Å². The van der Waals surface area contributed by atoms with Gasteiger partial charge in [-0.1, -0.05) is 30.3 Å². The molecule has 0 spiro atoms. The van der Waals surface area contributed by atoms with E-state index in [0.717, 1.165) is 19.8 Å². The number of hydrogen-bond donors (Lipinski definition) is 1. The van der Waals surface area contributed by atoms with Crippen molar-refractivity contribution < 1.29 is 0 Å². The zero-order valence-electron chi connectivity index (χ0n) is 10.7. The van der Waals surface area contributed by atoms with E-state index in [2.05, 4.69) is 64.8 Å². The van der Waals surface area contributed by atoms with Crippen LogP contribution in [0.3, 0.4) is 0 Å². The van der Waals surface area contributed by atoms with Crippen molar-refractivity contribution in [2.45, 2.75) is 0 Å². The molecule has 3 aromatic carbocycles. The molecule has 0 aromatic heterocycles. The van der Waals surface area contributed by atoms with E-state index in [1.807, 2.05) is 0 Å². The first-order valence-electron chi connectivity index (χ1n) is 6.71. The Kier molecular flexibility index (Phi) is 2.42. The largest absolute Gasteiger partial charge is 0.357 e. The minimum absolute atomic E-state index is 0.926. The Bertz CT molecular complexity index is 742. The van der Waals surface area contributed by atoms with Crippen LogP contribution in [0, 0.1) is 6.07 Å². The highest BCUT2D eigenvalue weighted by Gasteiger charge is 2.12. The molecule has 1 aliphatic heterocycles. The summed E-state index contributed by atoms with van der Waals surface area (Å²) in [5.74, 6) is 0. The molecule has 4 rings (SSSR count). The first-order chi connectivity index (χ1) is 9.40. The van der Waals surface area contributed by atoms with Crippen LogP contribution < -0.4 is 10.2 Å². The summed E-state index contributed by atoms with van der Waals surface area (Å²) in [4.78, 5) is 2.33. The number of rotatable bonds is 1. The minimum atomic E-state index is 0.926. The van der Waals surface area contributed by atoms with Gasteiger partial charge in [-0.05, 0) is 39.7 Å². The van der Waals surface area contributed by atoms with Gasteiger partial charge in [-0.15, -0.1) is 0 Å². The third-order valence-electron chi connectivity index (χ3n) is 3.80. The summed E-state index contributed by atoms with van der Waals surface area (Å²) in [6.07, 6.45) is 0. The normalized spacial score (nSPS) is 15.5.